The van der Waals surface area contributed by atoms with Crippen molar-refractivity contribution in [2.45, 2.75) is 6.04 Å². The SMILES string of the molecule is C=C1C(=O)N(c2cc(OC)c(OC)c(OC)c2)C1c1ccc(OC)c(OCC(=O)O)c1. The van der Waals surface area contributed by atoms with Crippen molar-refractivity contribution in [3.05, 3.63) is 48.0 Å². The van der Waals surface area contributed by atoms with Crippen LogP contribution in [0.1, 0.15) is 11.6 Å². The van der Waals surface area contributed by atoms with E-state index in [0.29, 0.717) is 39.8 Å². The van der Waals surface area contributed by atoms with Crippen LogP contribution in [0.5, 0.6) is 28.7 Å². The Bertz CT molecular complexity index is 1010. The summed E-state index contributed by atoms with van der Waals surface area (Å²) in [5, 5.41) is 8.92. The Hall–Kier alpha value is -3.88. The van der Waals surface area contributed by atoms with E-state index in [1.165, 1.54) is 33.3 Å². The van der Waals surface area contributed by atoms with Gasteiger partial charge in [0.2, 0.25) is 5.75 Å². The van der Waals surface area contributed by atoms with Crippen LogP contribution in [-0.2, 0) is 9.59 Å². The summed E-state index contributed by atoms with van der Waals surface area (Å²) in [4.78, 5) is 25.1. The Labute approximate surface area is 179 Å². The molecule has 0 radical (unpaired) electrons. The van der Waals surface area contributed by atoms with Crippen molar-refractivity contribution in [1.82, 2.24) is 0 Å². The smallest absolute Gasteiger partial charge is 0.341 e. The molecule has 1 fully saturated rings. The molecule has 0 aliphatic carbocycles. The lowest BCUT2D eigenvalue weighted by Crippen LogP contribution is -2.48. The zero-order valence-electron chi connectivity index (χ0n) is 17.6. The van der Waals surface area contributed by atoms with Gasteiger partial charge in [-0.05, 0) is 17.7 Å². The van der Waals surface area contributed by atoms with E-state index in [2.05, 4.69) is 6.58 Å². The summed E-state index contributed by atoms with van der Waals surface area (Å²) in [6.07, 6.45) is 0. The zero-order valence-corrected chi connectivity index (χ0v) is 17.6. The highest BCUT2D eigenvalue weighted by atomic mass is 16.5. The molecule has 1 N–H and O–H groups in total. The number of hydrogen-bond donors (Lipinski definition) is 1. The summed E-state index contributed by atoms with van der Waals surface area (Å²) < 4.78 is 26.7. The minimum absolute atomic E-state index is 0.249. The summed E-state index contributed by atoms with van der Waals surface area (Å²) in [6, 6.07) is 7.90. The highest BCUT2D eigenvalue weighted by Crippen LogP contribution is 2.48. The van der Waals surface area contributed by atoms with Crippen LogP contribution in [0.4, 0.5) is 5.69 Å². The number of nitrogens with zero attached hydrogens (tertiary/aromatic N) is 1. The number of β-lactam (4-membered cyclic amide) rings is 1. The van der Waals surface area contributed by atoms with Gasteiger partial charge in [0.15, 0.2) is 29.6 Å². The molecule has 1 aliphatic rings. The standard InChI is InChI=1S/C22H23NO8/c1-12-20(13-6-7-15(27-2)16(8-13)31-11-19(24)25)23(22(12)26)14-9-17(28-3)21(30-5)18(10-14)29-4/h6-10,20H,1,11H2,2-5H3,(H,24,25). The monoisotopic (exact) mass is 429 g/mol. The second kappa shape index (κ2) is 8.86. The molecule has 0 spiro atoms. The number of carbonyl (C=O) groups excluding carboxylic acids is 1. The first-order valence-corrected chi connectivity index (χ1v) is 9.21. The maximum Gasteiger partial charge on any atom is 0.341 e. The largest absolute Gasteiger partial charge is 0.493 e. The van der Waals surface area contributed by atoms with Gasteiger partial charge in [0.05, 0.1) is 40.2 Å². The number of amides is 1. The van der Waals surface area contributed by atoms with Crippen molar-refractivity contribution in [3.8, 4) is 28.7 Å². The first kappa shape index (κ1) is 21.8. The Morgan fingerprint density at radius 3 is 2.10 bits per heavy atom. The number of benzene rings is 2. The summed E-state index contributed by atoms with van der Waals surface area (Å²) >= 11 is 0. The fourth-order valence-electron chi connectivity index (χ4n) is 3.42. The van der Waals surface area contributed by atoms with Crippen LogP contribution in [0.3, 0.4) is 0 Å². The van der Waals surface area contributed by atoms with Crippen molar-refractivity contribution in [2.24, 2.45) is 0 Å². The normalized spacial score (nSPS) is 15.2. The average Bonchev–Trinajstić information content (AvgIpc) is 2.79. The summed E-state index contributed by atoms with van der Waals surface area (Å²) in [5.41, 5.74) is 1.59. The third-order valence-electron chi connectivity index (χ3n) is 4.86. The van der Waals surface area contributed by atoms with Crippen LogP contribution < -0.4 is 28.6 Å². The Balaban J connectivity index is 2.03. The molecular formula is C22H23NO8. The van der Waals surface area contributed by atoms with Crippen LogP contribution in [0.15, 0.2) is 42.5 Å². The van der Waals surface area contributed by atoms with E-state index in [4.69, 9.17) is 28.8 Å². The third kappa shape index (κ3) is 3.94. The molecule has 0 aromatic heterocycles. The number of anilines is 1. The molecule has 164 valence electrons. The van der Waals surface area contributed by atoms with Crippen molar-refractivity contribution in [2.75, 3.05) is 39.9 Å². The first-order valence-electron chi connectivity index (χ1n) is 9.21. The Kier molecular flexibility index (Phi) is 6.24. The summed E-state index contributed by atoms with van der Waals surface area (Å²) in [6.45, 7) is 3.37. The molecule has 3 rings (SSSR count). The lowest BCUT2D eigenvalue weighted by molar-refractivity contribution is -0.139. The molecule has 1 saturated heterocycles. The average molecular weight is 429 g/mol. The van der Waals surface area contributed by atoms with E-state index in [9.17, 15) is 9.59 Å². The van der Waals surface area contributed by atoms with Crippen LogP contribution in [0, 0.1) is 0 Å². The minimum atomic E-state index is -1.12. The van der Waals surface area contributed by atoms with Gasteiger partial charge in [-0.3, -0.25) is 9.69 Å². The van der Waals surface area contributed by atoms with Crippen LogP contribution in [0.2, 0.25) is 0 Å². The Morgan fingerprint density at radius 2 is 1.58 bits per heavy atom. The van der Waals surface area contributed by atoms with Gasteiger partial charge in [-0.25, -0.2) is 4.79 Å². The number of ether oxygens (including phenoxy) is 5. The van der Waals surface area contributed by atoms with E-state index in [1.54, 1.807) is 30.3 Å². The molecule has 1 heterocycles. The fraction of sp³-hybridized carbons (Fsp3) is 0.273. The molecule has 9 heteroatoms. The van der Waals surface area contributed by atoms with Crippen molar-refractivity contribution >= 4 is 17.6 Å². The maximum absolute atomic E-state index is 12.7. The fourth-order valence-corrected chi connectivity index (χ4v) is 3.42. The maximum atomic E-state index is 12.7. The molecule has 1 atom stereocenters. The second-order valence-electron chi connectivity index (χ2n) is 6.58. The van der Waals surface area contributed by atoms with Gasteiger partial charge in [-0.1, -0.05) is 12.6 Å². The molecule has 2 aromatic carbocycles. The van der Waals surface area contributed by atoms with Crippen molar-refractivity contribution in [1.29, 1.82) is 0 Å². The quantitative estimate of drug-likeness (QED) is 0.479. The number of carbonyl (C=O) groups is 2. The number of carboxylic acid groups (broad SMARTS) is 1. The number of rotatable bonds is 9. The molecule has 1 aliphatic heterocycles. The minimum Gasteiger partial charge on any atom is -0.493 e. The molecular weight excluding hydrogens is 406 g/mol. The van der Waals surface area contributed by atoms with E-state index in [0.717, 1.165) is 0 Å². The molecule has 0 saturated carbocycles. The van der Waals surface area contributed by atoms with Gasteiger partial charge in [-0.15, -0.1) is 0 Å². The second-order valence-corrected chi connectivity index (χ2v) is 6.58. The van der Waals surface area contributed by atoms with Crippen LogP contribution in [0.25, 0.3) is 0 Å². The van der Waals surface area contributed by atoms with Gasteiger partial charge in [0, 0.05) is 17.7 Å². The molecule has 9 nitrogen and oxygen atoms in total. The predicted molar refractivity (Wildman–Crippen MR) is 112 cm³/mol. The highest BCUT2D eigenvalue weighted by molar-refractivity contribution is 6.15. The van der Waals surface area contributed by atoms with Crippen LogP contribution >= 0.6 is 0 Å². The van der Waals surface area contributed by atoms with E-state index < -0.39 is 18.6 Å². The predicted octanol–water partition coefficient (Wildman–Crippen LogP) is 2.83. The molecule has 2 aromatic rings. The topological polar surface area (TPSA) is 104 Å². The number of methoxy groups -OCH3 is 4. The summed E-state index contributed by atoms with van der Waals surface area (Å²) in [7, 11) is 5.93. The molecule has 1 unspecified atom stereocenters. The van der Waals surface area contributed by atoms with Gasteiger partial charge in [0.25, 0.3) is 5.91 Å². The molecule has 31 heavy (non-hydrogen) atoms. The lowest BCUT2D eigenvalue weighted by Gasteiger charge is -2.42. The number of carboxylic acids is 1. The Morgan fingerprint density at radius 1 is 0.968 bits per heavy atom. The number of aliphatic carboxylic acids is 1. The van der Waals surface area contributed by atoms with Gasteiger partial charge < -0.3 is 28.8 Å². The van der Waals surface area contributed by atoms with E-state index in [-0.39, 0.29) is 11.7 Å². The van der Waals surface area contributed by atoms with E-state index in [1.807, 2.05) is 0 Å². The highest BCUT2D eigenvalue weighted by Gasteiger charge is 2.43. The van der Waals surface area contributed by atoms with E-state index >= 15 is 0 Å². The number of hydrogen-bond acceptors (Lipinski definition) is 7. The van der Waals surface area contributed by atoms with Gasteiger partial charge in [-0.2, -0.15) is 0 Å². The van der Waals surface area contributed by atoms with Gasteiger partial charge >= 0.3 is 5.97 Å². The van der Waals surface area contributed by atoms with Crippen LogP contribution in [-0.4, -0.2) is 52.0 Å². The summed E-state index contributed by atoms with van der Waals surface area (Å²) in [5.74, 6) is 0.464. The molecule has 1 amide bonds. The zero-order chi connectivity index (χ0) is 22.7. The van der Waals surface area contributed by atoms with Crippen molar-refractivity contribution in [3.63, 3.8) is 0 Å². The lowest BCUT2D eigenvalue weighted by atomic mass is 9.88. The third-order valence-corrected chi connectivity index (χ3v) is 4.86. The van der Waals surface area contributed by atoms with Gasteiger partial charge in [0.1, 0.15) is 0 Å². The van der Waals surface area contributed by atoms with Crippen molar-refractivity contribution < 1.29 is 38.4 Å². The first-order chi connectivity index (χ1) is 14.9. The molecule has 0 bridgehead atoms.